The summed E-state index contributed by atoms with van der Waals surface area (Å²) in [5.41, 5.74) is 4.52. The summed E-state index contributed by atoms with van der Waals surface area (Å²) in [7, 11) is 0. The number of carbonyl (C=O) groups is 3. The SMILES string of the molecule is CC1(C)CC(=O)c2c(C(F)(F)F)nn(-c3ccc(C(N)=O)c(NC4C[C@@H]5CN(C(=O)CO)C[C@@H]5C4)c3)c2C1. The van der Waals surface area contributed by atoms with Crippen molar-refractivity contribution < 1.29 is 32.7 Å². The van der Waals surface area contributed by atoms with Crippen molar-refractivity contribution >= 4 is 23.3 Å². The molecule has 2 aliphatic carbocycles. The van der Waals surface area contributed by atoms with Gasteiger partial charge in [0.25, 0.3) is 5.91 Å². The number of halogens is 3. The summed E-state index contributed by atoms with van der Waals surface area (Å²) < 4.78 is 42.8. The Morgan fingerprint density at radius 2 is 1.84 bits per heavy atom. The van der Waals surface area contributed by atoms with Crippen LogP contribution in [0.25, 0.3) is 5.69 Å². The Bertz CT molecular complexity index is 1300. The molecule has 1 aliphatic heterocycles. The molecule has 2 amide bonds. The summed E-state index contributed by atoms with van der Waals surface area (Å²) in [5, 5.41) is 16.3. The second-order valence-corrected chi connectivity index (χ2v) is 11.4. The number of fused-ring (bicyclic) bond motifs is 2. The van der Waals surface area contributed by atoms with E-state index in [0.717, 1.165) is 17.5 Å². The minimum Gasteiger partial charge on any atom is -0.387 e. The van der Waals surface area contributed by atoms with Crippen LogP contribution in [0.3, 0.4) is 0 Å². The zero-order chi connectivity index (χ0) is 27.6. The summed E-state index contributed by atoms with van der Waals surface area (Å²) in [6.07, 6.45) is -3.13. The largest absolute Gasteiger partial charge is 0.435 e. The van der Waals surface area contributed by atoms with Gasteiger partial charge < -0.3 is 21.1 Å². The molecule has 1 unspecified atom stereocenters. The lowest BCUT2D eigenvalue weighted by atomic mass is 9.75. The smallest absolute Gasteiger partial charge is 0.387 e. The number of hydrogen-bond acceptors (Lipinski definition) is 6. The summed E-state index contributed by atoms with van der Waals surface area (Å²) >= 11 is 0. The van der Waals surface area contributed by atoms with Crippen molar-refractivity contribution in [1.29, 1.82) is 0 Å². The van der Waals surface area contributed by atoms with Crippen molar-refractivity contribution in [3.8, 4) is 5.69 Å². The summed E-state index contributed by atoms with van der Waals surface area (Å²) in [6, 6.07) is 4.44. The highest BCUT2D eigenvalue weighted by atomic mass is 19.4. The molecule has 1 saturated heterocycles. The zero-order valence-electron chi connectivity index (χ0n) is 21.1. The molecule has 5 rings (SSSR count). The molecule has 3 atom stereocenters. The van der Waals surface area contributed by atoms with E-state index in [-0.39, 0.29) is 53.6 Å². The number of amides is 2. The number of aliphatic hydroxyl groups is 1. The number of nitrogens with zero attached hydrogens (tertiary/aromatic N) is 3. The number of aliphatic hydroxyl groups excluding tert-OH is 1. The molecule has 0 bridgehead atoms. The predicted octanol–water partition coefficient (Wildman–Crippen LogP) is 2.79. The van der Waals surface area contributed by atoms with E-state index >= 15 is 0 Å². The first-order valence-corrected chi connectivity index (χ1v) is 12.6. The fourth-order valence-electron chi connectivity index (χ4n) is 6.30. The minimum atomic E-state index is -4.80. The van der Waals surface area contributed by atoms with Gasteiger partial charge in [-0.05, 0) is 54.7 Å². The van der Waals surface area contributed by atoms with E-state index < -0.39 is 41.1 Å². The van der Waals surface area contributed by atoms with Crippen molar-refractivity contribution in [2.24, 2.45) is 23.0 Å². The topological polar surface area (TPSA) is 131 Å². The number of primary amides is 1. The number of nitrogens with two attached hydrogens (primary N) is 1. The van der Waals surface area contributed by atoms with E-state index in [2.05, 4.69) is 10.4 Å². The number of Topliss-reactive ketones (excluding diaryl/α,β-unsaturated/α-hetero) is 1. The molecule has 1 aromatic heterocycles. The standard InChI is InChI=1S/C26H30F3N5O4/c1-25(2)8-19-22(20(36)9-25)23(26(27,28)29)32-34(19)16-3-4-17(24(30)38)18(7-16)31-15-5-13-10-33(21(37)12-35)11-14(13)6-15/h3-4,7,13-15,31,35H,5-6,8-12H2,1-2H3,(H2,30,38)/t13-,14+,15?. The van der Waals surface area contributed by atoms with E-state index in [1.807, 2.05) is 13.8 Å². The molecular weight excluding hydrogens is 503 g/mol. The highest BCUT2D eigenvalue weighted by Crippen LogP contribution is 2.43. The molecule has 0 radical (unpaired) electrons. The maximum absolute atomic E-state index is 13.9. The number of hydrogen-bond donors (Lipinski definition) is 3. The molecule has 12 heteroatoms. The fraction of sp³-hybridized carbons (Fsp3) is 0.538. The van der Waals surface area contributed by atoms with Crippen LogP contribution in [0.1, 0.15) is 65.2 Å². The highest BCUT2D eigenvalue weighted by molar-refractivity contribution is 6.00. The molecule has 2 aromatic rings. The van der Waals surface area contributed by atoms with Gasteiger partial charge in [-0.3, -0.25) is 14.4 Å². The number of alkyl halides is 3. The zero-order valence-corrected chi connectivity index (χ0v) is 21.1. The van der Waals surface area contributed by atoms with Gasteiger partial charge in [-0.2, -0.15) is 18.3 Å². The Morgan fingerprint density at radius 1 is 1.18 bits per heavy atom. The van der Waals surface area contributed by atoms with Crippen LogP contribution >= 0.6 is 0 Å². The van der Waals surface area contributed by atoms with Gasteiger partial charge in [0.15, 0.2) is 11.5 Å². The van der Waals surface area contributed by atoms with Crippen LogP contribution in [0.4, 0.5) is 18.9 Å². The van der Waals surface area contributed by atoms with Gasteiger partial charge in [-0.15, -0.1) is 0 Å². The van der Waals surface area contributed by atoms with Gasteiger partial charge in [0.1, 0.15) is 6.61 Å². The van der Waals surface area contributed by atoms with Crippen molar-refractivity contribution in [3.63, 3.8) is 0 Å². The number of likely N-dealkylation sites (tertiary alicyclic amines) is 1. The molecule has 0 spiro atoms. The molecule has 38 heavy (non-hydrogen) atoms. The third-order valence-electron chi connectivity index (χ3n) is 7.93. The van der Waals surface area contributed by atoms with Crippen molar-refractivity contribution in [2.45, 2.75) is 51.7 Å². The van der Waals surface area contributed by atoms with Gasteiger partial charge in [-0.25, -0.2) is 4.68 Å². The Hall–Kier alpha value is -3.41. The molecule has 9 nitrogen and oxygen atoms in total. The second-order valence-electron chi connectivity index (χ2n) is 11.4. The first-order chi connectivity index (χ1) is 17.8. The summed E-state index contributed by atoms with van der Waals surface area (Å²) in [5.74, 6) is -1.09. The summed E-state index contributed by atoms with van der Waals surface area (Å²) in [6.45, 7) is 4.23. The van der Waals surface area contributed by atoms with E-state index in [9.17, 15) is 27.6 Å². The van der Waals surface area contributed by atoms with Crippen LogP contribution in [0.15, 0.2) is 18.2 Å². The number of carbonyl (C=O) groups excluding carboxylic acids is 3. The molecule has 1 aromatic carbocycles. The van der Waals surface area contributed by atoms with Crippen molar-refractivity contribution in [3.05, 3.63) is 40.7 Å². The number of rotatable bonds is 5. The Labute approximate surface area is 217 Å². The number of nitrogens with one attached hydrogen (secondary N) is 1. The van der Waals surface area contributed by atoms with Crippen LogP contribution in [-0.4, -0.2) is 63.1 Å². The molecule has 204 valence electrons. The second kappa shape index (κ2) is 9.11. The molecule has 4 N–H and O–H groups in total. The van der Waals surface area contributed by atoms with Crippen molar-refractivity contribution in [1.82, 2.24) is 14.7 Å². The molecular formula is C26H30F3N5O4. The molecule has 3 aliphatic rings. The fourth-order valence-corrected chi connectivity index (χ4v) is 6.30. The van der Waals surface area contributed by atoms with Crippen LogP contribution in [0.2, 0.25) is 0 Å². The van der Waals surface area contributed by atoms with Gasteiger partial charge >= 0.3 is 6.18 Å². The van der Waals surface area contributed by atoms with E-state index in [4.69, 9.17) is 10.8 Å². The van der Waals surface area contributed by atoms with Gasteiger partial charge in [0, 0.05) is 31.2 Å². The lowest BCUT2D eigenvalue weighted by Gasteiger charge is -2.29. The number of ketones is 1. The van der Waals surface area contributed by atoms with Gasteiger partial charge in [0.2, 0.25) is 5.91 Å². The van der Waals surface area contributed by atoms with Crippen molar-refractivity contribution in [2.75, 3.05) is 25.0 Å². The maximum atomic E-state index is 13.9. The molecule has 2 fully saturated rings. The average molecular weight is 534 g/mol. The first-order valence-electron chi connectivity index (χ1n) is 12.6. The highest BCUT2D eigenvalue weighted by Gasteiger charge is 2.46. The monoisotopic (exact) mass is 533 g/mol. The quantitative estimate of drug-likeness (QED) is 0.542. The Balaban J connectivity index is 1.48. The summed E-state index contributed by atoms with van der Waals surface area (Å²) in [4.78, 5) is 38.5. The number of anilines is 1. The minimum absolute atomic E-state index is 0.00641. The third kappa shape index (κ3) is 4.65. The molecule has 1 saturated carbocycles. The van der Waals surface area contributed by atoms with Crippen LogP contribution in [0.5, 0.6) is 0 Å². The lowest BCUT2D eigenvalue weighted by molar-refractivity contribution is -0.141. The average Bonchev–Trinajstić information content (AvgIpc) is 3.48. The molecule has 2 heterocycles. The van der Waals surface area contributed by atoms with Gasteiger partial charge in [0.05, 0.1) is 22.5 Å². The Kier molecular flexibility index (Phi) is 6.28. The van der Waals surface area contributed by atoms with Crippen LogP contribution in [0, 0.1) is 17.3 Å². The van der Waals surface area contributed by atoms with Crippen LogP contribution in [-0.2, 0) is 17.4 Å². The van der Waals surface area contributed by atoms with Crippen LogP contribution < -0.4 is 11.1 Å². The Morgan fingerprint density at radius 3 is 2.42 bits per heavy atom. The third-order valence-corrected chi connectivity index (χ3v) is 7.93. The van der Waals surface area contributed by atoms with E-state index in [1.54, 1.807) is 11.0 Å². The number of aromatic nitrogens is 2. The number of benzene rings is 1. The predicted molar refractivity (Wildman–Crippen MR) is 131 cm³/mol. The van der Waals surface area contributed by atoms with E-state index in [1.165, 1.54) is 12.1 Å². The van der Waals surface area contributed by atoms with Gasteiger partial charge in [-0.1, -0.05) is 13.8 Å². The maximum Gasteiger partial charge on any atom is 0.435 e. The van der Waals surface area contributed by atoms with E-state index in [0.29, 0.717) is 18.8 Å². The lowest BCUT2D eigenvalue weighted by Crippen LogP contribution is -2.33. The first kappa shape index (κ1) is 26.2. The normalized spacial score (nSPS) is 24.3.